The van der Waals surface area contributed by atoms with Gasteiger partial charge in [0.15, 0.2) is 5.92 Å². The highest BCUT2D eigenvalue weighted by Crippen LogP contribution is 2.21. The van der Waals surface area contributed by atoms with Crippen molar-refractivity contribution in [3.8, 4) is 0 Å². The predicted octanol–water partition coefficient (Wildman–Crippen LogP) is -0.667. The standard InChI is InChI=1S/C14H21NO8/c1-7(9(13(19)21-2)14(20)22-3)10(12(17)18)15-11(16)8-5-4-6-23-8/h7-10H,4-6H2,1-3H3,(H,15,16)(H,17,18)/t7-,8+,10+/m0/s1. The Balaban J connectivity index is 2.92. The van der Waals surface area contributed by atoms with Crippen LogP contribution >= 0.6 is 0 Å². The third-order valence-electron chi connectivity index (χ3n) is 3.75. The molecule has 23 heavy (non-hydrogen) atoms. The van der Waals surface area contributed by atoms with Crippen molar-refractivity contribution in [1.82, 2.24) is 5.32 Å². The van der Waals surface area contributed by atoms with Crippen LogP contribution in [0.1, 0.15) is 19.8 Å². The van der Waals surface area contributed by atoms with Gasteiger partial charge in [-0.15, -0.1) is 0 Å². The van der Waals surface area contributed by atoms with Crippen LogP contribution in [-0.2, 0) is 33.4 Å². The van der Waals surface area contributed by atoms with Gasteiger partial charge in [0.25, 0.3) is 0 Å². The van der Waals surface area contributed by atoms with Crippen molar-refractivity contribution in [2.45, 2.75) is 31.9 Å². The number of carboxylic acids is 1. The first-order valence-corrected chi connectivity index (χ1v) is 7.13. The van der Waals surface area contributed by atoms with Crippen molar-refractivity contribution in [2.75, 3.05) is 20.8 Å². The Kier molecular flexibility index (Phi) is 6.95. The molecule has 1 heterocycles. The Morgan fingerprint density at radius 1 is 1.17 bits per heavy atom. The number of hydrogen-bond acceptors (Lipinski definition) is 7. The average Bonchev–Trinajstić information content (AvgIpc) is 3.05. The lowest BCUT2D eigenvalue weighted by molar-refractivity contribution is -0.163. The van der Waals surface area contributed by atoms with E-state index in [1.165, 1.54) is 6.92 Å². The summed E-state index contributed by atoms with van der Waals surface area (Å²) in [7, 11) is 2.15. The van der Waals surface area contributed by atoms with Gasteiger partial charge in [-0.1, -0.05) is 6.92 Å². The molecule has 1 fully saturated rings. The van der Waals surface area contributed by atoms with Crippen molar-refractivity contribution in [3.05, 3.63) is 0 Å². The largest absolute Gasteiger partial charge is 0.480 e. The molecule has 0 aromatic heterocycles. The number of rotatable bonds is 7. The quantitative estimate of drug-likeness (QED) is 0.464. The molecule has 0 spiro atoms. The molecule has 1 saturated heterocycles. The highest BCUT2D eigenvalue weighted by atomic mass is 16.5. The van der Waals surface area contributed by atoms with Crippen LogP contribution in [0.2, 0.25) is 0 Å². The zero-order valence-corrected chi connectivity index (χ0v) is 13.2. The number of nitrogens with one attached hydrogen (secondary N) is 1. The second-order valence-corrected chi connectivity index (χ2v) is 5.21. The smallest absolute Gasteiger partial charge is 0.326 e. The Morgan fingerprint density at radius 2 is 1.74 bits per heavy atom. The fourth-order valence-electron chi connectivity index (χ4n) is 2.42. The van der Waals surface area contributed by atoms with Crippen LogP contribution in [0, 0.1) is 11.8 Å². The second kappa shape index (κ2) is 8.47. The van der Waals surface area contributed by atoms with Crippen LogP contribution in [0.3, 0.4) is 0 Å². The lowest BCUT2D eigenvalue weighted by Gasteiger charge is -2.26. The first-order chi connectivity index (χ1) is 10.8. The van der Waals surface area contributed by atoms with Gasteiger partial charge in [0.1, 0.15) is 12.1 Å². The molecule has 0 radical (unpaired) electrons. The number of carboxylic acid groups (broad SMARTS) is 1. The maximum Gasteiger partial charge on any atom is 0.326 e. The van der Waals surface area contributed by atoms with Gasteiger partial charge in [0.2, 0.25) is 5.91 Å². The zero-order chi connectivity index (χ0) is 17.6. The Bertz CT molecular complexity index is 455. The van der Waals surface area contributed by atoms with Crippen molar-refractivity contribution in [3.63, 3.8) is 0 Å². The topological polar surface area (TPSA) is 128 Å². The minimum Gasteiger partial charge on any atom is -0.480 e. The van der Waals surface area contributed by atoms with E-state index < -0.39 is 47.8 Å². The van der Waals surface area contributed by atoms with Crippen molar-refractivity contribution >= 4 is 23.8 Å². The molecule has 0 aliphatic carbocycles. The van der Waals surface area contributed by atoms with Gasteiger partial charge in [-0.2, -0.15) is 0 Å². The molecular formula is C14H21NO8. The van der Waals surface area contributed by atoms with Crippen LogP contribution < -0.4 is 5.32 Å². The zero-order valence-electron chi connectivity index (χ0n) is 13.2. The molecule has 0 aromatic rings. The maximum absolute atomic E-state index is 12.0. The van der Waals surface area contributed by atoms with Gasteiger partial charge < -0.3 is 24.6 Å². The fourth-order valence-corrected chi connectivity index (χ4v) is 2.42. The van der Waals surface area contributed by atoms with Gasteiger partial charge in [-0.3, -0.25) is 14.4 Å². The summed E-state index contributed by atoms with van der Waals surface area (Å²) in [4.78, 5) is 47.0. The SMILES string of the molecule is COC(=O)C(C(=O)OC)[C@H](C)[C@@H](NC(=O)[C@H]1CCCO1)C(=O)O. The first kappa shape index (κ1) is 18.9. The number of ether oxygens (including phenoxy) is 3. The first-order valence-electron chi connectivity index (χ1n) is 7.13. The number of hydrogen-bond donors (Lipinski definition) is 2. The number of carbonyl (C=O) groups is 4. The van der Waals surface area contributed by atoms with Crippen molar-refractivity contribution in [1.29, 1.82) is 0 Å². The van der Waals surface area contributed by atoms with E-state index in [9.17, 15) is 24.3 Å². The minimum absolute atomic E-state index is 0.429. The van der Waals surface area contributed by atoms with E-state index >= 15 is 0 Å². The summed E-state index contributed by atoms with van der Waals surface area (Å²) < 4.78 is 14.2. The molecule has 1 rings (SSSR count). The van der Waals surface area contributed by atoms with E-state index in [4.69, 9.17) is 4.74 Å². The number of amides is 1. The molecule has 9 heteroatoms. The summed E-state index contributed by atoms with van der Waals surface area (Å²) in [6.45, 7) is 1.78. The van der Waals surface area contributed by atoms with Gasteiger partial charge in [0, 0.05) is 12.5 Å². The Morgan fingerprint density at radius 3 is 2.13 bits per heavy atom. The van der Waals surface area contributed by atoms with Gasteiger partial charge in [-0.25, -0.2) is 4.79 Å². The van der Waals surface area contributed by atoms with E-state index in [2.05, 4.69) is 14.8 Å². The van der Waals surface area contributed by atoms with Crippen LogP contribution in [0.5, 0.6) is 0 Å². The molecule has 1 amide bonds. The molecular weight excluding hydrogens is 310 g/mol. The number of aliphatic carboxylic acids is 1. The monoisotopic (exact) mass is 331 g/mol. The molecule has 0 aromatic carbocycles. The van der Waals surface area contributed by atoms with E-state index in [-0.39, 0.29) is 0 Å². The average molecular weight is 331 g/mol. The summed E-state index contributed by atoms with van der Waals surface area (Å²) in [5, 5.41) is 11.7. The summed E-state index contributed by atoms with van der Waals surface area (Å²) in [6, 6.07) is -1.46. The lowest BCUT2D eigenvalue weighted by atomic mass is 9.87. The van der Waals surface area contributed by atoms with Crippen molar-refractivity contribution in [2.24, 2.45) is 11.8 Å². The summed E-state index contributed by atoms with van der Waals surface area (Å²) in [5.41, 5.74) is 0. The minimum atomic E-state index is -1.46. The maximum atomic E-state index is 12.0. The van der Waals surface area contributed by atoms with Crippen LogP contribution in [0.4, 0.5) is 0 Å². The number of methoxy groups -OCH3 is 2. The molecule has 3 atom stereocenters. The van der Waals surface area contributed by atoms with Crippen molar-refractivity contribution < 1.29 is 38.5 Å². The third kappa shape index (κ3) is 4.65. The molecule has 2 N–H and O–H groups in total. The van der Waals surface area contributed by atoms with Gasteiger partial charge in [0.05, 0.1) is 14.2 Å². The lowest BCUT2D eigenvalue weighted by Crippen LogP contribution is -2.52. The highest BCUT2D eigenvalue weighted by molar-refractivity contribution is 5.96. The highest BCUT2D eigenvalue weighted by Gasteiger charge is 2.42. The van der Waals surface area contributed by atoms with Crippen LogP contribution in [-0.4, -0.2) is 61.9 Å². The predicted molar refractivity (Wildman–Crippen MR) is 75.2 cm³/mol. The van der Waals surface area contributed by atoms with Gasteiger partial charge >= 0.3 is 17.9 Å². The number of esters is 2. The third-order valence-corrected chi connectivity index (χ3v) is 3.75. The van der Waals surface area contributed by atoms with E-state index in [1.54, 1.807) is 0 Å². The molecule has 0 unspecified atom stereocenters. The Hall–Kier alpha value is -2.16. The van der Waals surface area contributed by atoms with Crippen LogP contribution in [0.15, 0.2) is 0 Å². The van der Waals surface area contributed by atoms with Crippen LogP contribution in [0.25, 0.3) is 0 Å². The Labute approximate surface area is 133 Å². The normalized spacial score (nSPS) is 19.7. The molecule has 1 aliphatic heterocycles. The second-order valence-electron chi connectivity index (χ2n) is 5.21. The summed E-state index contributed by atoms with van der Waals surface area (Å²) >= 11 is 0. The molecule has 0 bridgehead atoms. The van der Waals surface area contributed by atoms with E-state index in [0.29, 0.717) is 19.4 Å². The van der Waals surface area contributed by atoms with Gasteiger partial charge in [-0.05, 0) is 12.8 Å². The van der Waals surface area contributed by atoms with E-state index in [1.807, 2.05) is 0 Å². The van der Waals surface area contributed by atoms with E-state index in [0.717, 1.165) is 14.2 Å². The summed E-state index contributed by atoms with van der Waals surface area (Å²) in [6.07, 6.45) is 0.473. The molecule has 130 valence electrons. The molecule has 9 nitrogen and oxygen atoms in total. The fraction of sp³-hybridized carbons (Fsp3) is 0.714. The molecule has 0 saturated carbocycles. The summed E-state index contributed by atoms with van der Waals surface area (Å²) in [5.74, 6) is -6.35. The molecule has 1 aliphatic rings. The number of carbonyl (C=O) groups excluding carboxylic acids is 3.